The molecule has 0 bridgehead atoms. The highest BCUT2D eigenvalue weighted by Crippen LogP contribution is 2.28. The van der Waals surface area contributed by atoms with E-state index < -0.39 is 21.3 Å². The first-order chi connectivity index (χ1) is 10.3. The number of hydrogen-bond acceptors (Lipinski definition) is 5. The van der Waals surface area contributed by atoms with Crippen LogP contribution in [-0.4, -0.2) is 53.4 Å². The third kappa shape index (κ3) is 4.62. The van der Waals surface area contributed by atoms with Crippen LogP contribution in [0.4, 0.5) is 0 Å². The number of rotatable bonds is 5. The first-order valence-corrected chi connectivity index (χ1v) is 10.6. The minimum absolute atomic E-state index is 0.0503. The molecule has 1 saturated heterocycles. The molecule has 0 aromatic carbocycles. The van der Waals surface area contributed by atoms with Crippen LogP contribution in [0.5, 0.6) is 0 Å². The lowest BCUT2D eigenvalue weighted by molar-refractivity contribution is -0.148. The quantitative estimate of drug-likeness (QED) is 0.723. The normalized spacial score (nSPS) is 27.0. The number of carboxylic acids is 1. The van der Waals surface area contributed by atoms with Crippen molar-refractivity contribution in [2.75, 3.05) is 17.3 Å². The smallest absolute Gasteiger partial charge is 0.329 e. The molecule has 2 N–H and O–H groups in total. The summed E-state index contributed by atoms with van der Waals surface area (Å²) in [5.41, 5.74) is -1.14. The number of thioether (sulfide) groups is 1. The average molecular weight is 349 g/mol. The van der Waals surface area contributed by atoms with Crippen molar-refractivity contribution in [3.05, 3.63) is 0 Å². The lowest BCUT2D eigenvalue weighted by Gasteiger charge is -2.29. The zero-order valence-electron chi connectivity index (χ0n) is 12.5. The Balaban J connectivity index is 1.87. The summed E-state index contributed by atoms with van der Waals surface area (Å²) in [5, 5.41) is 12.2. The maximum Gasteiger partial charge on any atom is 0.329 e. The summed E-state index contributed by atoms with van der Waals surface area (Å²) in [7, 11) is -2.95. The number of aliphatic carboxylic acids is 1. The van der Waals surface area contributed by atoms with Crippen LogP contribution in [0.15, 0.2) is 0 Å². The summed E-state index contributed by atoms with van der Waals surface area (Å²) in [6.45, 7) is 0. The first-order valence-electron chi connectivity index (χ1n) is 7.69. The van der Waals surface area contributed by atoms with Gasteiger partial charge >= 0.3 is 5.97 Å². The van der Waals surface area contributed by atoms with Crippen molar-refractivity contribution in [1.29, 1.82) is 0 Å². The maximum absolute atomic E-state index is 12.1. The standard InChI is InChI=1S/C14H23NO5S2/c16-12(9-21-11-5-8-22(19,20)10-11)15-14(13(17)18)6-3-1-2-4-7-14/h11H,1-10H2,(H,15,16)(H,17,18). The molecule has 1 heterocycles. The predicted octanol–water partition coefficient (Wildman–Crippen LogP) is 1.20. The van der Waals surface area contributed by atoms with E-state index in [0.29, 0.717) is 19.3 Å². The van der Waals surface area contributed by atoms with E-state index in [2.05, 4.69) is 5.32 Å². The Morgan fingerprint density at radius 3 is 2.32 bits per heavy atom. The number of nitrogens with one attached hydrogen (secondary N) is 1. The Morgan fingerprint density at radius 2 is 1.82 bits per heavy atom. The molecule has 0 aromatic rings. The van der Waals surface area contributed by atoms with Crippen molar-refractivity contribution < 1.29 is 23.1 Å². The van der Waals surface area contributed by atoms with Gasteiger partial charge in [0.2, 0.25) is 5.91 Å². The van der Waals surface area contributed by atoms with Crippen LogP contribution >= 0.6 is 11.8 Å². The number of amides is 1. The molecule has 6 nitrogen and oxygen atoms in total. The van der Waals surface area contributed by atoms with Gasteiger partial charge in [-0.3, -0.25) is 4.79 Å². The van der Waals surface area contributed by atoms with Crippen molar-refractivity contribution in [2.24, 2.45) is 0 Å². The Bertz CT molecular complexity index is 523. The van der Waals surface area contributed by atoms with Gasteiger partial charge in [-0.05, 0) is 19.3 Å². The summed E-state index contributed by atoms with van der Waals surface area (Å²) in [4.78, 5) is 23.7. The summed E-state index contributed by atoms with van der Waals surface area (Å²) in [5.74, 6) is -0.843. The Labute approximate surface area is 135 Å². The van der Waals surface area contributed by atoms with Crippen molar-refractivity contribution >= 4 is 33.5 Å². The highest BCUT2D eigenvalue weighted by molar-refractivity contribution is 8.02. The molecule has 1 aliphatic heterocycles. The van der Waals surface area contributed by atoms with E-state index in [4.69, 9.17) is 0 Å². The molecular weight excluding hydrogens is 326 g/mol. The van der Waals surface area contributed by atoms with Crippen molar-refractivity contribution in [2.45, 2.75) is 55.7 Å². The second-order valence-electron chi connectivity index (χ2n) is 6.19. The molecule has 8 heteroatoms. The van der Waals surface area contributed by atoms with E-state index in [1.807, 2.05) is 0 Å². The summed E-state index contributed by atoms with van der Waals surface area (Å²) >= 11 is 1.31. The molecule has 1 aliphatic carbocycles. The maximum atomic E-state index is 12.1. The second-order valence-corrected chi connectivity index (χ2v) is 9.70. The van der Waals surface area contributed by atoms with Crippen molar-refractivity contribution in [3.8, 4) is 0 Å². The molecule has 2 rings (SSSR count). The highest BCUT2D eigenvalue weighted by Gasteiger charge is 2.40. The molecule has 0 spiro atoms. The van der Waals surface area contributed by atoms with Gasteiger partial charge in [0.15, 0.2) is 9.84 Å². The van der Waals surface area contributed by atoms with E-state index >= 15 is 0 Å². The van der Waals surface area contributed by atoms with E-state index in [1.165, 1.54) is 11.8 Å². The van der Waals surface area contributed by atoms with Crippen LogP contribution in [0.2, 0.25) is 0 Å². The van der Waals surface area contributed by atoms with Crippen molar-refractivity contribution in [1.82, 2.24) is 5.32 Å². The van der Waals surface area contributed by atoms with E-state index in [1.54, 1.807) is 0 Å². The number of carbonyl (C=O) groups excluding carboxylic acids is 1. The van der Waals surface area contributed by atoms with Crippen LogP contribution in [0.25, 0.3) is 0 Å². The van der Waals surface area contributed by atoms with Gasteiger partial charge in [0.05, 0.1) is 17.3 Å². The van der Waals surface area contributed by atoms with Gasteiger partial charge in [0, 0.05) is 5.25 Å². The minimum Gasteiger partial charge on any atom is -0.480 e. The minimum atomic E-state index is -2.95. The first kappa shape index (κ1) is 17.6. The number of hydrogen-bond donors (Lipinski definition) is 2. The zero-order valence-corrected chi connectivity index (χ0v) is 14.2. The van der Waals surface area contributed by atoms with Gasteiger partial charge in [-0.25, -0.2) is 13.2 Å². The molecule has 1 atom stereocenters. The fraction of sp³-hybridized carbons (Fsp3) is 0.857. The van der Waals surface area contributed by atoms with Crippen LogP contribution in [0, 0.1) is 0 Å². The van der Waals surface area contributed by atoms with Gasteiger partial charge in [0.1, 0.15) is 5.54 Å². The average Bonchev–Trinajstić information content (AvgIpc) is 2.64. The molecule has 0 aromatic heterocycles. The van der Waals surface area contributed by atoms with E-state index in [9.17, 15) is 23.1 Å². The molecule has 2 fully saturated rings. The number of carbonyl (C=O) groups is 2. The lowest BCUT2D eigenvalue weighted by Crippen LogP contribution is -2.54. The molecule has 2 aliphatic rings. The fourth-order valence-corrected chi connectivity index (χ4v) is 6.56. The second kappa shape index (κ2) is 7.21. The monoisotopic (exact) mass is 349 g/mol. The summed E-state index contributed by atoms with van der Waals surface area (Å²) in [6, 6.07) is 0. The molecule has 1 saturated carbocycles. The fourth-order valence-electron chi connectivity index (χ4n) is 3.11. The van der Waals surface area contributed by atoms with Crippen LogP contribution in [0.1, 0.15) is 44.9 Å². The molecular formula is C14H23NO5S2. The van der Waals surface area contributed by atoms with Crippen molar-refractivity contribution in [3.63, 3.8) is 0 Å². The highest BCUT2D eigenvalue weighted by atomic mass is 32.2. The predicted molar refractivity (Wildman–Crippen MR) is 85.7 cm³/mol. The number of sulfone groups is 1. The topological polar surface area (TPSA) is 101 Å². The Morgan fingerprint density at radius 1 is 1.18 bits per heavy atom. The Hall–Kier alpha value is -0.760. The van der Waals surface area contributed by atoms with E-state index in [0.717, 1.165) is 25.7 Å². The van der Waals surface area contributed by atoms with E-state index in [-0.39, 0.29) is 28.4 Å². The zero-order chi connectivity index (χ0) is 16.2. The van der Waals surface area contributed by atoms with Gasteiger partial charge in [-0.2, -0.15) is 0 Å². The van der Waals surface area contributed by atoms with Crippen LogP contribution in [-0.2, 0) is 19.4 Å². The van der Waals surface area contributed by atoms with Gasteiger partial charge in [-0.15, -0.1) is 11.8 Å². The third-order valence-corrected chi connectivity index (χ3v) is 7.67. The third-order valence-electron chi connectivity index (χ3n) is 4.39. The summed E-state index contributed by atoms with van der Waals surface area (Å²) in [6.07, 6.45) is 5.12. The van der Waals surface area contributed by atoms with Crippen LogP contribution in [0.3, 0.4) is 0 Å². The van der Waals surface area contributed by atoms with Gasteiger partial charge in [-0.1, -0.05) is 25.7 Å². The SMILES string of the molecule is O=C(CSC1CCS(=O)(=O)C1)NC1(C(=O)O)CCCCCC1. The van der Waals surface area contributed by atoms with Crippen LogP contribution < -0.4 is 5.32 Å². The summed E-state index contributed by atoms with van der Waals surface area (Å²) < 4.78 is 22.8. The molecule has 1 unspecified atom stereocenters. The number of carboxylic acid groups (broad SMARTS) is 1. The molecule has 0 radical (unpaired) electrons. The van der Waals surface area contributed by atoms with Gasteiger partial charge < -0.3 is 10.4 Å². The molecule has 1 amide bonds. The Kier molecular flexibility index (Phi) is 5.76. The lowest BCUT2D eigenvalue weighted by atomic mass is 9.90. The molecule has 126 valence electrons. The largest absolute Gasteiger partial charge is 0.480 e. The molecule has 22 heavy (non-hydrogen) atoms. The van der Waals surface area contributed by atoms with Gasteiger partial charge in [0.25, 0.3) is 0 Å².